The third kappa shape index (κ3) is 2.23. The van der Waals surface area contributed by atoms with Crippen LogP contribution in [0.4, 0.5) is 5.95 Å². The molecule has 17 heavy (non-hydrogen) atoms. The van der Waals surface area contributed by atoms with E-state index in [1.165, 1.54) is 12.8 Å². The zero-order valence-corrected chi connectivity index (χ0v) is 9.84. The van der Waals surface area contributed by atoms with E-state index in [1.54, 1.807) is 12.4 Å². The fourth-order valence-electron chi connectivity index (χ4n) is 2.22. The Kier molecular flexibility index (Phi) is 2.66. The average Bonchev–Trinajstić information content (AvgIpc) is 3.24. The molecule has 90 valence electrons. The van der Waals surface area contributed by atoms with Crippen molar-refractivity contribution in [1.82, 2.24) is 14.9 Å². The summed E-state index contributed by atoms with van der Waals surface area (Å²) in [5, 5.41) is 8.05. The Morgan fingerprint density at radius 2 is 1.76 bits per heavy atom. The Bertz CT molecular complexity index is 393. The molecule has 5 nitrogen and oxygen atoms in total. The van der Waals surface area contributed by atoms with Crippen molar-refractivity contribution >= 4 is 11.8 Å². The van der Waals surface area contributed by atoms with E-state index in [0.29, 0.717) is 5.92 Å². The number of amidine groups is 1. The number of hydrogen-bond donors (Lipinski definition) is 1. The van der Waals surface area contributed by atoms with Crippen LogP contribution in [0.3, 0.4) is 0 Å². The van der Waals surface area contributed by atoms with Crippen LogP contribution in [-0.4, -0.2) is 46.9 Å². The van der Waals surface area contributed by atoms with Gasteiger partial charge in [-0.1, -0.05) is 0 Å². The van der Waals surface area contributed by atoms with Crippen LogP contribution in [0.2, 0.25) is 0 Å². The molecule has 0 bridgehead atoms. The van der Waals surface area contributed by atoms with E-state index >= 15 is 0 Å². The molecule has 1 aliphatic heterocycles. The standard InChI is InChI=1S/C12H17N5/c13-11(10-2-3-10)16-6-8-17(9-7-16)12-14-4-1-5-15-12/h1,4-5,10,13H,2-3,6-9H2. The maximum Gasteiger partial charge on any atom is 0.225 e. The maximum absolute atomic E-state index is 8.05. The maximum atomic E-state index is 8.05. The number of aromatic nitrogens is 2. The van der Waals surface area contributed by atoms with Crippen molar-refractivity contribution in [3.05, 3.63) is 18.5 Å². The minimum atomic E-state index is 0.550. The van der Waals surface area contributed by atoms with E-state index in [0.717, 1.165) is 38.0 Å². The summed E-state index contributed by atoms with van der Waals surface area (Å²) in [5.74, 6) is 2.21. The molecular weight excluding hydrogens is 214 g/mol. The van der Waals surface area contributed by atoms with Crippen molar-refractivity contribution in [2.45, 2.75) is 12.8 Å². The van der Waals surface area contributed by atoms with Crippen LogP contribution < -0.4 is 4.90 Å². The zero-order chi connectivity index (χ0) is 11.7. The Labute approximate surface area is 101 Å². The number of nitrogens with zero attached hydrogens (tertiary/aromatic N) is 4. The molecule has 0 amide bonds. The van der Waals surface area contributed by atoms with Gasteiger partial charge in [0, 0.05) is 44.5 Å². The third-order valence-electron chi connectivity index (χ3n) is 3.42. The summed E-state index contributed by atoms with van der Waals surface area (Å²) in [6, 6.07) is 1.84. The Morgan fingerprint density at radius 1 is 1.12 bits per heavy atom. The summed E-state index contributed by atoms with van der Waals surface area (Å²) < 4.78 is 0. The average molecular weight is 231 g/mol. The lowest BCUT2D eigenvalue weighted by Gasteiger charge is -2.36. The van der Waals surface area contributed by atoms with Crippen LogP contribution >= 0.6 is 0 Å². The van der Waals surface area contributed by atoms with Gasteiger partial charge in [0.25, 0.3) is 0 Å². The van der Waals surface area contributed by atoms with Crippen LogP contribution in [0, 0.1) is 11.3 Å². The van der Waals surface area contributed by atoms with Gasteiger partial charge in [-0.3, -0.25) is 5.41 Å². The molecule has 0 unspecified atom stereocenters. The van der Waals surface area contributed by atoms with Gasteiger partial charge < -0.3 is 9.80 Å². The second-order valence-electron chi connectivity index (χ2n) is 4.68. The summed E-state index contributed by atoms with van der Waals surface area (Å²) in [6.07, 6.45) is 5.98. The van der Waals surface area contributed by atoms with Gasteiger partial charge in [0.05, 0.1) is 5.84 Å². The summed E-state index contributed by atoms with van der Waals surface area (Å²) >= 11 is 0. The predicted molar refractivity (Wildman–Crippen MR) is 66.3 cm³/mol. The lowest BCUT2D eigenvalue weighted by Crippen LogP contribution is -2.49. The van der Waals surface area contributed by atoms with E-state index in [1.807, 2.05) is 6.07 Å². The molecule has 1 aromatic heterocycles. The molecule has 1 aliphatic carbocycles. The number of hydrogen-bond acceptors (Lipinski definition) is 4. The van der Waals surface area contributed by atoms with Gasteiger partial charge >= 0.3 is 0 Å². The number of piperazine rings is 1. The Balaban J connectivity index is 1.58. The molecule has 0 radical (unpaired) electrons. The van der Waals surface area contributed by atoms with Crippen LogP contribution in [0.25, 0.3) is 0 Å². The lowest BCUT2D eigenvalue weighted by molar-refractivity contribution is 0.372. The number of rotatable bonds is 2. The topological polar surface area (TPSA) is 56.1 Å². The van der Waals surface area contributed by atoms with Crippen molar-refractivity contribution in [1.29, 1.82) is 5.41 Å². The fraction of sp³-hybridized carbons (Fsp3) is 0.583. The first-order valence-electron chi connectivity index (χ1n) is 6.20. The van der Waals surface area contributed by atoms with Crippen molar-refractivity contribution in [2.75, 3.05) is 31.1 Å². The van der Waals surface area contributed by atoms with Gasteiger partial charge in [-0.15, -0.1) is 0 Å². The molecule has 1 N–H and O–H groups in total. The van der Waals surface area contributed by atoms with Gasteiger partial charge in [0.15, 0.2) is 0 Å². The van der Waals surface area contributed by atoms with Crippen LogP contribution in [0.15, 0.2) is 18.5 Å². The summed E-state index contributed by atoms with van der Waals surface area (Å²) in [5.41, 5.74) is 0. The van der Waals surface area contributed by atoms with Crippen molar-refractivity contribution in [3.63, 3.8) is 0 Å². The molecule has 1 saturated carbocycles. The number of anilines is 1. The first kappa shape index (κ1) is 10.5. The summed E-state index contributed by atoms with van der Waals surface area (Å²) in [4.78, 5) is 12.9. The highest BCUT2D eigenvalue weighted by molar-refractivity contribution is 5.84. The fourth-order valence-corrected chi connectivity index (χ4v) is 2.22. The highest BCUT2D eigenvalue weighted by Gasteiger charge is 2.31. The molecular formula is C12H17N5. The molecule has 0 aromatic carbocycles. The molecule has 1 aromatic rings. The summed E-state index contributed by atoms with van der Waals surface area (Å²) in [6.45, 7) is 3.68. The normalized spacial score (nSPS) is 20.5. The van der Waals surface area contributed by atoms with Gasteiger partial charge in [0.2, 0.25) is 5.95 Å². The molecule has 2 aliphatic rings. The smallest absolute Gasteiger partial charge is 0.225 e. The van der Waals surface area contributed by atoms with Crippen LogP contribution in [0.1, 0.15) is 12.8 Å². The van der Waals surface area contributed by atoms with Crippen LogP contribution in [0.5, 0.6) is 0 Å². The van der Waals surface area contributed by atoms with E-state index in [2.05, 4.69) is 19.8 Å². The molecule has 3 rings (SSSR count). The Morgan fingerprint density at radius 3 is 2.35 bits per heavy atom. The molecule has 2 heterocycles. The van der Waals surface area contributed by atoms with Gasteiger partial charge in [0.1, 0.15) is 0 Å². The van der Waals surface area contributed by atoms with E-state index in [-0.39, 0.29) is 0 Å². The molecule has 2 fully saturated rings. The lowest BCUT2D eigenvalue weighted by atomic mass is 10.2. The predicted octanol–water partition coefficient (Wildman–Crippen LogP) is 0.986. The molecule has 0 atom stereocenters. The third-order valence-corrected chi connectivity index (χ3v) is 3.42. The van der Waals surface area contributed by atoms with Gasteiger partial charge in [-0.25, -0.2) is 9.97 Å². The van der Waals surface area contributed by atoms with Crippen molar-refractivity contribution < 1.29 is 0 Å². The highest BCUT2D eigenvalue weighted by atomic mass is 15.3. The van der Waals surface area contributed by atoms with Crippen LogP contribution in [-0.2, 0) is 0 Å². The number of nitrogens with one attached hydrogen (secondary N) is 1. The van der Waals surface area contributed by atoms with Gasteiger partial charge in [-0.05, 0) is 18.9 Å². The highest BCUT2D eigenvalue weighted by Crippen LogP contribution is 2.31. The monoisotopic (exact) mass is 231 g/mol. The second-order valence-corrected chi connectivity index (χ2v) is 4.68. The first-order valence-corrected chi connectivity index (χ1v) is 6.20. The zero-order valence-electron chi connectivity index (χ0n) is 9.84. The van der Waals surface area contributed by atoms with E-state index in [4.69, 9.17) is 5.41 Å². The first-order chi connectivity index (χ1) is 8.34. The molecule has 0 spiro atoms. The van der Waals surface area contributed by atoms with Gasteiger partial charge in [-0.2, -0.15) is 0 Å². The minimum Gasteiger partial charge on any atom is -0.357 e. The quantitative estimate of drug-likeness (QED) is 0.609. The molecule has 5 heteroatoms. The Hall–Kier alpha value is -1.65. The minimum absolute atomic E-state index is 0.550. The second kappa shape index (κ2) is 4.31. The largest absolute Gasteiger partial charge is 0.357 e. The molecule has 1 saturated heterocycles. The summed E-state index contributed by atoms with van der Waals surface area (Å²) in [7, 11) is 0. The van der Waals surface area contributed by atoms with Crippen molar-refractivity contribution in [3.8, 4) is 0 Å². The van der Waals surface area contributed by atoms with E-state index < -0.39 is 0 Å². The SMILES string of the molecule is N=C(C1CC1)N1CCN(c2ncccn2)CC1. The van der Waals surface area contributed by atoms with Crippen molar-refractivity contribution in [2.24, 2.45) is 5.92 Å². The van der Waals surface area contributed by atoms with E-state index in [9.17, 15) is 0 Å².